The van der Waals surface area contributed by atoms with Gasteiger partial charge in [0.25, 0.3) is 0 Å². The van der Waals surface area contributed by atoms with Crippen LogP contribution in [-0.2, 0) is 0 Å². The van der Waals surface area contributed by atoms with Crippen molar-refractivity contribution in [3.05, 3.63) is 17.5 Å². The van der Waals surface area contributed by atoms with Crippen molar-refractivity contribution >= 4 is 16.3 Å². The van der Waals surface area contributed by atoms with Crippen LogP contribution in [0, 0.1) is 11.3 Å². The molecule has 0 atom stereocenters. The largest absolute Gasteiger partial charge is 0.364 e. The lowest BCUT2D eigenvalue weighted by Gasteiger charge is -1.91. The molecule has 0 saturated heterocycles. The highest BCUT2D eigenvalue weighted by atomic mass is 32.1. The monoisotopic (exact) mass is 138 g/mol. The summed E-state index contributed by atoms with van der Waals surface area (Å²) in [6.07, 6.45) is 0. The minimum absolute atomic E-state index is 0.389. The van der Waals surface area contributed by atoms with Gasteiger partial charge in [-0.1, -0.05) is 0 Å². The van der Waals surface area contributed by atoms with Gasteiger partial charge in [-0.3, -0.25) is 0 Å². The number of nitrogens with one attached hydrogen (secondary N) is 1. The highest BCUT2D eigenvalue weighted by Crippen LogP contribution is 2.13. The predicted octanol–water partition coefficient (Wildman–Crippen LogP) is 1.68. The van der Waals surface area contributed by atoms with Crippen LogP contribution < -0.4 is 5.32 Å². The Morgan fingerprint density at radius 3 is 3.22 bits per heavy atom. The van der Waals surface area contributed by atoms with Gasteiger partial charge in [0.05, 0.1) is 11.1 Å². The third kappa shape index (κ3) is 1.74. The number of hydrogen-bond donors (Lipinski definition) is 1. The molecule has 0 fully saturated rings. The summed E-state index contributed by atoms with van der Waals surface area (Å²) in [5.41, 5.74) is 0. The quantitative estimate of drug-likeness (QED) is 0.631. The van der Waals surface area contributed by atoms with Gasteiger partial charge in [-0.25, -0.2) is 0 Å². The van der Waals surface area contributed by atoms with E-state index in [1.165, 1.54) is 0 Å². The van der Waals surface area contributed by atoms with E-state index in [4.69, 9.17) is 5.26 Å². The molecule has 9 heavy (non-hydrogen) atoms. The summed E-state index contributed by atoms with van der Waals surface area (Å²) in [5, 5.41) is 14.1. The Kier molecular flexibility index (Phi) is 2.11. The molecule has 0 aliphatic heterocycles. The Balaban J connectivity index is 2.41. The second-order valence-corrected chi connectivity index (χ2v) is 2.44. The first-order valence-corrected chi connectivity index (χ1v) is 3.46. The molecule has 1 aromatic heterocycles. The molecule has 2 nitrogen and oxygen atoms in total. The van der Waals surface area contributed by atoms with Crippen LogP contribution in [0.15, 0.2) is 17.5 Å². The summed E-state index contributed by atoms with van der Waals surface area (Å²) in [7, 11) is 0. The van der Waals surface area contributed by atoms with Crippen LogP contribution in [0.5, 0.6) is 0 Å². The van der Waals surface area contributed by atoms with E-state index in [1.807, 2.05) is 23.6 Å². The maximum Gasteiger partial charge on any atom is 0.103 e. The van der Waals surface area contributed by atoms with Crippen molar-refractivity contribution in [3.8, 4) is 6.07 Å². The fraction of sp³-hybridized carbons (Fsp3) is 0.167. The zero-order valence-electron chi connectivity index (χ0n) is 4.79. The van der Waals surface area contributed by atoms with E-state index in [0.717, 1.165) is 5.00 Å². The van der Waals surface area contributed by atoms with E-state index >= 15 is 0 Å². The molecule has 0 unspecified atom stereocenters. The molecular weight excluding hydrogens is 132 g/mol. The van der Waals surface area contributed by atoms with Crippen molar-refractivity contribution in [2.24, 2.45) is 0 Å². The number of nitriles is 1. The molecule has 1 aromatic rings. The molecule has 1 rings (SSSR count). The van der Waals surface area contributed by atoms with E-state index in [-0.39, 0.29) is 0 Å². The molecule has 46 valence electrons. The lowest BCUT2D eigenvalue weighted by atomic mass is 10.6. The molecular formula is C6H6N2S. The summed E-state index contributed by atoms with van der Waals surface area (Å²) in [6, 6.07) is 5.90. The van der Waals surface area contributed by atoms with Crippen LogP contribution in [0.4, 0.5) is 5.00 Å². The third-order valence-corrected chi connectivity index (χ3v) is 1.69. The Morgan fingerprint density at radius 2 is 2.67 bits per heavy atom. The van der Waals surface area contributed by atoms with Gasteiger partial charge in [-0.05, 0) is 17.5 Å². The molecule has 1 N–H and O–H groups in total. The fourth-order valence-corrected chi connectivity index (χ4v) is 1.12. The van der Waals surface area contributed by atoms with E-state index in [9.17, 15) is 0 Å². The van der Waals surface area contributed by atoms with Crippen LogP contribution in [0.3, 0.4) is 0 Å². The summed E-state index contributed by atoms with van der Waals surface area (Å²) in [5.74, 6) is 0. The summed E-state index contributed by atoms with van der Waals surface area (Å²) < 4.78 is 0. The third-order valence-electron chi connectivity index (χ3n) is 0.863. The summed E-state index contributed by atoms with van der Waals surface area (Å²) in [4.78, 5) is 0. The van der Waals surface area contributed by atoms with Gasteiger partial charge in [0.15, 0.2) is 0 Å². The van der Waals surface area contributed by atoms with Crippen LogP contribution >= 0.6 is 11.3 Å². The average Bonchev–Trinajstić information content (AvgIpc) is 2.34. The van der Waals surface area contributed by atoms with E-state index in [2.05, 4.69) is 5.32 Å². The Morgan fingerprint density at radius 1 is 1.78 bits per heavy atom. The van der Waals surface area contributed by atoms with Gasteiger partial charge in [-0.15, -0.1) is 11.3 Å². The predicted molar refractivity (Wildman–Crippen MR) is 38.4 cm³/mol. The number of anilines is 1. The van der Waals surface area contributed by atoms with Crippen molar-refractivity contribution in [3.63, 3.8) is 0 Å². The van der Waals surface area contributed by atoms with Gasteiger partial charge in [0.2, 0.25) is 0 Å². The molecule has 0 amide bonds. The number of nitrogens with zero attached hydrogens (tertiary/aromatic N) is 1. The van der Waals surface area contributed by atoms with Crippen molar-refractivity contribution in [2.45, 2.75) is 0 Å². The molecule has 0 spiro atoms. The molecule has 3 heteroatoms. The highest BCUT2D eigenvalue weighted by molar-refractivity contribution is 7.14. The summed E-state index contributed by atoms with van der Waals surface area (Å²) in [6.45, 7) is 0.389. The molecule has 0 radical (unpaired) electrons. The molecule has 0 aliphatic carbocycles. The smallest absolute Gasteiger partial charge is 0.103 e. The second-order valence-electron chi connectivity index (χ2n) is 1.49. The van der Waals surface area contributed by atoms with Crippen LogP contribution in [0.2, 0.25) is 0 Å². The molecule has 1 heterocycles. The molecule has 0 aliphatic rings. The summed E-state index contributed by atoms with van der Waals surface area (Å²) >= 11 is 1.60. The normalized spacial score (nSPS) is 8.33. The van der Waals surface area contributed by atoms with Crippen molar-refractivity contribution in [2.75, 3.05) is 11.9 Å². The standard InChI is InChI=1S/C6H6N2S/c7-3-4-8-6-2-1-5-9-6/h1-2,5,8H,4H2. The van der Waals surface area contributed by atoms with Gasteiger partial charge < -0.3 is 5.32 Å². The lowest BCUT2D eigenvalue weighted by Crippen LogP contribution is -1.94. The van der Waals surface area contributed by atoms with Crippen molar-refractivity contribution in [1.82, 2.24) is 0 Å². The van der Waals surface area contributed by atoms with Gasteiger partial charge in [0.1, 0.15) is 6.54 Å². The first kappa shape index (κ1) is 6.12. The van der Waals surface area contributed by atoms with Crippen LogP contribution in [-0.4, -0.2) is 6.54 Å². The zero-order valence-corrected chi connectivity index (χ0v) is 5.61. The SMILES string of the molecule is N#CCNc1cccs1. The minimum Gasteiger partial charge on any atom is -0.364 e. The lowest BCUT2D eigenvalue weighted by molar-refractivity contribution is 1.34. The Hall–Kier alpha value is -1.01. The van der Waals surface area contributed by atoms with Gasteiger partial charge in [-0.2, -0.15) is 5.26 Å². The number of hydrogen-bond acceptors (Lipinski definition) is 3. The molecule has 0 aromatic carbocycles. The average molecular weight is 138 g/mol. The molecule has 0 bridgehead atoms. The van der Waals surface area contributed by atoms with Crippen LogP contribution in [0.1, 0.15) is 0 Å². The Labute approximate surface area is 57.7 Å². The van der Waals surface area contributed by atoms with Gasteiger partial charge in [0, 0.05) is 0 Å². The van der Waals surface area contributed by atoms with Gasteiger partial charge >= 0.3 is 0 Å². The second kappa shape index (κ2) is 3.10. The topological polar surface area (TPSA) is 35.8 Å². The number of rotatable bonds is 2. The molecule has 0 saturated carbocycles. The zero-order chi connectivity index (χ0) is 6.53. The fourth-order valence-electron chi connectivity index (χ4n) is 0.506. The van der Waals surface area contributed by atoms with Crippen LogP contribution in [0.25, 0.3) is 0 Å². The van der Waals surface area contributed by atoms with Crippen molar-refractivity contribution < 1.29 is 0 Å². The van der Waals surface area contributed by atoms with E-state index in [1.54, 1.807) is 11.3 Å². The number of thiophene rings is 1. The van der Waals surface area contributed by atoms with Crippen molar-refractivity contribution in [1.29, 1.82) is 5.26 Å². The Bertz CT molecular complexity index is 197. The first-order valence-electron chi connectivity index (χ1n) is 2.58. The maximum atomic E-state index is 8.16. The maximum absolute atomic E-state index is 8.16. The van der Waals surface area contributed by atoms with E-state index in [0.29, 0.717) is 6.54 Å². The highest BCUT2D eigenvalue weighted by Gasteiger charge is 1.86. The van der Waals surface area contributed by atoms with E-state index < -0.39 is 0 Å². The minimum atomic E-state index is 0.389. The first-order chi connectivity index (χ1) is 4.43.